The fourth-order valence-electron chi connectivity index (χ4n) is 2.48. The maximum atomic E-state index is 12.2. The molecular formula is C15H23N3O2. The van der Waals surface area contributed by atoms with Crippen molar-refractivity contribution >= 4 is 11.7 Å². The molecule has 5 heteroatoms. The molecule has 1 aromatic rings. The first-order chi connectivity index (χ1) is 9.72. The Morgan fingerprint density at radius 2 is 2.15 bits per heavy atom. The second-order valence-corrected chi connectivity index (χ2v) is 4.98. The van der Waals surface area contributed by atoms with Gasteiger partial charge in [-0.05, 0) is 31.5 Å². The smallest absolute Gasteiger partial charge is 0.321 e. The number of carbonyl (C=O) groups excluding carboxylic acids is 1. The van der Waals surface area contributed by atoms with Crippen LogP contribution in [0.2, 0.25) is 0 Å². The Morgan fingerprint density at radius 1 is 1.40 bits per heavy atom. The predicted octanol–water partition coefficient (Wildman–Crippen LogP) is 2.30. The normalized spacial score (nSPS) is 16.0. The summed E-state index contributed by atoms with van der Waals surface area (Å²) in [4.78, 5) is 14.1. The maximum Gasteiger partial charge on any atom is 0.321 e. The number of rotatable bonds is 4. The zero-order chi connectivity index (χ0) is 14.4. The van der Waals surface area contributed by atoms with Crippen LogP contribution < -0.4 is 15.4 Å². The number of nitrogens with zero attached hydrogens (tertiary/aromatic N) is 1. The highest BCUT2D eigenvalue weighted by Crippen LogP contribution is 2.18. The molecule has 0 aromatic heterocycles. The van der Waals surface area contributed by atoms with E-state index in [9.17, 15) is 4.79 Å². The van der Waals surface area contributed by atoms with E-state index in [1.807, 2.05) is 29.2 Å². The minimum Gasteiger partial charge on any atom is -0.497 e. The molecule has 0 spiro atoms. The van der Waals surface area contributed by atoms with Gasteiger partial charge in [0.05, 0.1) is 7.11 Å². The van der Waals surface area contributed by atoms with Gasteiger partial charge in [0.25, 0.3) is 0 Å². The van der Waals surface area contributed by atoms with Crippen molar-refractivity contribution in [2.45, 2.75) is 25.8 Å². The van der Waals surface area contributed by atoms with Crippen LogP contribution in [0.4, 0.5) is 10.5 Å². The molecule has 1 aliphatic rings. The summed E-state index contributed by atoms with van der Waals surface area (Å²) in [7, 11) is 1.62. The van der Waals surface area contributed by atoms with Crippen LogP contribution in [0.25, 0.3) is 0 Å². The highest BCUT2D eigenvalue weighted by Gasteiger charge is 2.22. The summed E-state index contributed by atoms with van der Waals surface area (Å²) in [5.74, 6) is 0.744. The number of carbonyl (C=O) groups is 1. The number of benzene rings is 1. The molecule has 1 aromatic carbocycles. The van der Waals surface area contributed by atoms with Gasteiger partial charge in [-0.3, -0.25) is 0 Å². The van der Waals surface area contributed by atoms with Crippen molar-refractivity contribution in [1.82, 2.24) is 10.2 Å². The van der Waals surface area contributed by atoms with Gasteiger partial charge >= 0.3 is 6.03 Å². The lowest BCUT2D eigenvalue weighted by Gasteiger charge is -2.32. The van der Waals surface area contributed by atoms with Crippen LogP contribution in [0, 0.1) is 0 Å². The molecule has 110 valence electrons. The number of anilines is 1. The van der Waals surface area contributed by atoms with E-state index in [0.717, 1.165) is 43.9 Å². The van der Waals surface area contributed by atoms with Crippen LogP contribution in [0.1, 0.15) is 19.8 Å². The van der Waals surface area contributed by atoms with Gasteiger partial charge in [0, 0.05) is 30.9 Å². The Kier molecular flexibility index (Phi) is 5.24. The second kappa shape index (κ2) is 7.14. The zero-order valence-electron chi connectivity index (χ0n) is 12.2. The Balaban J connectivity index is 1.86. The maximum absolute atomic E-state index is 12.2. The lowest BCUT2D eigenvalue weighted by Crippen LogP contribution is -2.46. The molecule has 1 aliphatic heterocycles. The first-order valence-electron chi connectivity index (χ1n) is 7.16. The molecule has 0 bridgehead atoms. The van der Waals surface area contributed by atoms with E-state index in [4.69, 9.17) is 4.74 Å². The van der Waals surface area contributed by atoms with Crippen molar-refractivity contribution in [3.05, 3.63) is 24.3 Å². The number of methoxy groups -OCH3 is 1. The van der Waals surface area contributed by atoms with Crippen LogP contribution in [-0.2, 0) is 0 Å². The number of ether oxygens (including phenoxy) is 1. The molecule has 20 heavy (non-hydrogen) atoms. The van der Waals surface area contributed by atoms with Gasteiger partial charge in [-0.25, -0.2) is 4.79 Å². The number of hydrogen-bond acceptors (Lipinski definition) is 3. The molecular weight excluding hydrogens is 254 g/mol. The van der Waals surface area contributed by atoms with E-state index in [2.05, 4.69) is 17.6 Å². The van der Waals surface area contributed by atoms with Crippen LogP contribution in [-0.4, -0.2) is 43.7 Å². The SMILES string of the molecule is CCNC1CCN(C(=O)Nc2cccc(OC)c2)CC1. The van der Waals surface area contributed by atoms with Crippen molar-refractivity contribution in [2.24, 2.45) is 0 Å². The molecule has 2 rings (SSSR count). The monoisotopic (exact) mass is 277 g/mol. The summed E-state index contributed by atoms with van der Waals surface area (Å²) in [5.41, 5.74) is 0.767. The zero-order valence-corrected chi connectivity index (χ0v) is 12.2. The molecule has 1 heterocycles. The number of likely N-dealkylation sites (tertiary alicyclic amines) is 1. The third kappa shape index (κ3) is 3.87. The Morgan fingerprint density at radius 3 is 2.80 bits per heavy atom. The summed E-state index contributed by atoms with van der Waals surface area (Å²) in [6, 6.07) is 7.92. The lowest BCUT2D eigenvalue weighted by atomic mass is 10.1. The minimum absolute atomic E-state index is 0.0341. The third-order valence-electron chi connectivity index (χ3n) is 3.60. The summed E-state index contributed by atoms with van der Waals surface area (Å²) < 4.78 is 5.15. The quantitative estimate of drug-likeness (QED) is 0.888. The number of hydrogen-bond donors (Lipinski definition) is 2. The second-order valence-electron chi connectivity index (χ2n) is 4.98. The number of urea groups is 1. The lowest BCUT2D eigenvalue weighted by molar-refractivity contribution is 0.189. The Bertz CT molecular complexity index is 442. The first-order valence-corrected chi connectivity index (χ1v) is 7.16. The molecule has 1 saturated heterocycles. The molecule has 2 amide bonds. The summed E-state index contributed by atoms with van der Waals surface area (Å²) in [6.07, 6.45) is 2.03. The molecule has 1 fully saturated rings. The van der Waals surface area contributed by atoms with Gasteiger partial charge in [-0.1, -0.05) is 13.0 Å². The highest BCUT2D eigenvalue weighted by molar-refractivity contribution is 5.89. The average molecular weight is 277 g/mol. The van der Waals surface area contributed by atoms with E-state index in [1.54, 1.807) is 7.11 Å². The first kappa shape index (κ1) is 14.7. The van der Waals surface area contributed by atoms with Crippen molar-refractivity contribution in [1.29, 1.82) is 0 Å². The fraction of sp³-hybridized carbons (Fsp3) is 0.533. The molecule has 2 N–H and O–H groups in total. The largest absolute Gasteiger partial charge is 0.497 e. The Labute approximate surface area is 120 Å². The van der Waals surface area contributed by atoms with Gasteiger partial charge in [-0.15, -0.1) is 0 Å². The van der Waals surface area contributed by atoms with Crippen LogP contribution in [0.15, 0.2) is 24.3 Å². The van der Waals surface area contributed by atoms with Gasteiger partial charge < -0.3 is 20.3 Å². The van der Waals surface area contributed by atoms with E-state index in [0.29, 0.717) is 6.04 Å². The molecule has 0 radical (unpaired) electrons. The number of nitrogens with one attached hydrogen (secondary N) is 2. The van der Waals surface area contributed by atoms with E-state index >= 15 is 0 Å². The van der Waals surface area contributed by atoms with E-state index < -0.39 is 0 Å². The van der Waals surface area contributed by atoms with Crippen molar-refractivity contribution in [3.8, 4) is 5.75 Å². The molecule has 0 unspecified atom stereocenters. The highest BCUT2D eigenvalue weighted by atomic mass is 16.5. The number of amides is 2. The Hall–Kier alpha value is -1.75. The molecule has 0 saturated carbocycles. The minimum atomic E-state index is -0.0341. The standard InChI is InChI=1S/C15H23N3O2/c1-3-16-12-7-9-18(10-8-12)15(19)17-13-5-4-6-14(11-13)20-2/h4-6,11-12,16H,3,7-10H2,1-2H3,(H,17,19). The van der Waals surface area contributed by atoms with Gasteiger partial charge in [-0.2, -0.15) is 0 Å². The van der Waals surface area contributed by atoms with Gasteiger partial charge in [0.2, 0.25) is 0 Å². The van der Waals surface area contributed by atoms with Crippen molar-refractivity contribution in [3.63, 3.8) is 0 Å². The fourth-order valence-corrected chi connectivity index (χ4v) is 2.48. The van der Waals surface area contributed by atoms with Crippen LogP contribution >= 0.6 is 0 Å². The molecule has 5 nitrogen and oxygen atoms in total. The van der Waals surface area contributed by atoms with Crippen LogP contribution in [0.5, 0.6) is 5.75 Å². The molecule has 0 aliphatic carbocycles. The molecule has 0 atom stereocenters. The van der Waals surface area contributed by atoms with E-state index in [-0.39, 0.29) is 6.03 Å². The number of piperidine rings is 1. The summed E-state index contributed by atoms with van der Waals surface area (Å²) in [6.45, 7) is 4.70. The van der Waals surface area contributed by atoms with Gasteiger partial charge in [0.15, 0.2) is 0 Å². The average Bonchev–Trinajstić information content (AvgIpc) is 2.48. The van der Waals surface area contributed by atoms with E-state index in [1.165, 1.54) is 0 Å². The third-order valence-corrected chi connectivity index (χ3v) is 3.60. The summed E-state index contributed by atoms with van der Waals surface area (Å²) in [5, 5.41) is 6.35. The topological polar surface area (TPSA) is 53.6 Å². The van der Waals surface area contributed by atoms with Gasteiger partial charge in [0.1, 0.15) is 5.75 Å². The predicted molar refractivity (Wildman–Crippen MR) is 80.3 cm³/mol. The van der Waals surface area contributed by atoms with Crippen molar-refractivity contribution < 1.29 is 9.53 Å². The van der Waals surface area contributed by atoms with Crippen molar-refractivity contribution in [2.75, 3.05) is 32.1 Å². The summed E-state index contributed by atoms with van der Waals surface area (Å²) >= 11 is 0. The van der Waals surface area contributed by atoms with Crippen LogP contribution in [0.3, 0.4) is 0 Å².